The van der Waals surface area contributed by atoms with E-state index in [0.29, 0.717) is 24.5 Å². The summed E-state index contributed by atoms with van der Waals surface area (Å²) in [5.41, 5.74) is 1.34. The Balaban J connectivity index is 2.06. The Morgan fingerprint density at radius 3 is 2.38 bits per heavy atom. The Kier molecular flexibility index (Phi) is 4.45. The number of carbonyl (C=O) groups excluding carboxylic acids is 1. The third kappa shape index (κ3) is 3.90. The minimum absolute atomic E-state index is 0.0597. The molecule has 4 heteroatoms. The van der Waals surface area contributed by atoms with Gasteiger partial charge in [0, 0.05) is 24.5 Å². The summed E-state index contributed by atoms with van der Waals surface area (Å²) in [6.07, 6.45) is 3.28. The summed E-state index contributed by atoms with van der Waals surface area (Å²) < 4.78 is 0. The van der Waals surface area contributed by atoms with Crippen molar-refractivity contribution in [2.45, 2.75) is 46.5 Å². The van der Waals surface area contributed by atoms with Gasteiger partial charge in [0.1, 0.15) is 5.78 Å². The molecule has 114 valence electrons. The Labute approximate surface area is 125 Å². The molecule has 21 heavy (non-hydrogen) atoms. The number of nitro groups is 1. The molecular formula is C17H23NO3. The summed E-state index contributed by atoms with van der Waals surface area (Å²) in [7, 11) is 0. The number of ketones is 1. The molecule has 0 saturated heterocycles. The maximum atomic E-state index is 12.1. The van der Waals surface area contributed by atoms with Gasteiger partial charge in [0.05, 0.1) is 4.92 Å². The summed E-state index contributed by atoms with van der Waals surface area (Å²) >= 11 is 0. The number of rotatable bonds is 3. The van der Waals surface area contributed by atoms with E-state index in [1.807, 2.05) is 0 Å². The Bertz CT molecular complexity index is 528. The second-order valence-corrected chi connectivity index (χ2v) is 7.13. The first-order valence-electron chi connectivity index (χ1n) is 7.53. The van der Waals surface area contributed by atoms with Gasteiger partial charge in [-0.1, -0.05) is 32.9 Å². The predicted octanol–water partition coefficient (Wildman–Crippen LogP) is 4.17. The van der Waals surface area contributed by atoms with E-state index in [0.717, 1.165) is 18.4 Å². The fourth-order valence-electron chi connectivity index (χ4n) is 3.14. The molecule has 0 N–H and O–H groups in total. The molecule has 0 amide bonds. The number of hydrogen-bond acceptors (Lipinski definition) is 3. The zero-order valence-electron chi connectivity index (χ0n) is 13.0. The highest BCUT2D eigenvalue weighted by Gasteiger charge is 2.34. The smallest absolute Gasteiger partial charge is 0.269 e. The van der Waals surface area contributed by atoms with Crippen LogP contribution in [0, 0.1) is 27.4 Å². The molecular weight excluding hydrogens is 266 g/mol. The van der Waals surface area contributed by atoms with E-state index >= 15 is 0 Å². The zero-order chi connectivity index (χ0) is 15.6. The van der Waals surface area contributed by atoms with Crippen LogP contribution in [0.2, 0.25) is 0 Å². The number of benzene rings is 1. The molecule has 0 bridgehead atoms. The Morgan fingerprint density at radius 1 is 1.24 bits per heavy atom. The molecule has 1 aliphatic carbocycles. The average Bonchev–Trinajstić information content (AvgIpc) is 2.40. The van der Waals surface area contributed by atoms with Crippen LogP contribution in [0.3, 0.4) is 0 Å². The van der Waals surface area contributed by atoms with Crippen molar-refractivity contribution in [3.05, 3.63) is 39.9 Å². The highest BCUT2D eigenvalue weighted by molar-refractivity contribution is 5.82. The first-order chi connectivity index (χ1) is 9.77. The van der Waals surface area contributed by atoms with Crippen LogP contribution in [0.15, 0.2) is 24.3 Å². The molecule has 0 aromatic heterocycles. The maximum Gasteiger partial charge on any atom is 0.269 e. The van der Waals surface area contributed by atoms with Crippen molar-refractivity contribution in [1.29, 1.82) is 0 Å². The van der Waals surface area contributed by atoms with Crippen LogP contribution >= 0.6 is 0 Å². The number of Topliss-reactive ketones (excluding diaryl/α,β-unsaturated/α-hetero) is 1. The summed E-state index contributed by atoms with van der Waals surface area (Å²) in [6.45, 7) is 6.70. The fourth-order valence-corrected chi connectivity index (χ4v) is 3.14. The normalized spacial score (nSPS) is 23.1. The Morgan fingerprint density at radius 2 is 1.86 bits per heavy atom. The van der Waals surface area contributed by atoms with Gasteiger partial charge < -0.3 is 0 Å². The van der Waals surface area contributed by atoms with Crippen LogP contribution in [0.25, 0.3) is 0 Å². The van der Waals surface area contributed by atoms with Crippen LogP contribution in [-0.2, 0) is 11.2 Å². The number of nitrogens with zero attached hydrogens (tertiary/aromatic N) is 1. The van der Waals surface area contributed by atoms with E-state index in [2.05, 4.69) is 20.8 Å². The SMILES string of the molecule is CC(C)(C)C1CCC(=O)C(Cc2ccc([N+](=O)[O-])cc2)C1. The van der Waals surface area contributed by atoms with Crippen molar-refractivity contribution in [3.63, 3.8) is 0 Å². The largest absolute Gasteiger partial charge is 0.299 e. The summed E-state index contributed by atoms with van der Waals surface area (Å²) in [4.78, 5) is 22.4. The minimum atomic E-state index is -0.398. The quantitative estimate of drug-likeness (QED) is 0.620. The van der Waals surface area contributed by atoms with Crippen LogP contribution in [-0.4, -0.2) is 10.7 Å². The van der Waals surface area contributed by atoms with Gasteiger partial charge in [-0.15, -0.1) is 0 Å². The van der Waals surface area contributed by atoms with Crippen molar-refractivity contribution in [3.8, 4) is 0 Å². The first kappa shape index (κ1) is 15.7. The van der Waals surface area contributed by atoms with Gasteiger partial charge in [-0.2, -0.15) is 0 Å². The second-order valence-electron chi connectivity index (χ2n) is 7.13. The van der Waals surface area contributed by atoms with Gasteiger partial charge in [0.15, 0.2) is 0 Å². The van der Waals surface area contributed by atoms with Crippen LogP contribution < -0.4 is 0 Å². The number of non-ortho nitro benzene ring substituents is 1. The molecule has 2 rings (SSSR count). The number of nitro benzene ring substituents is 1. The van der Waals surface area contributed by atoms with E-state index in [4.69, 9.17) is 0 Å². The summed E-state index contributed by atoms with van der Waals surface area (Å²) in [5, 5.41) is 10.7. The van der Waals surface area contributed by atoms with Crippen molar-refractivity contribution >= 4 is 11.5 Å². The van der Waals surface area contributed by atoms with Gasteiger partial charge in [-0.3, -0.25) is 14.9 Å². The van der Waals surface area contributed by atoms with Gasteiger partial charge in [0.2, 0.25) is 0 Å². The van der Waals surface area contributed by atoms with Gasteiger partial charge in [0.25, 0.3) is 5.69 Å². The molecule has 4 nitrogen and oxygen atoms in total. The van der Waals surface area contributed by atoms with E-state index in [9.17, 15) is 14.9 Å². The molecule has 1 aromatic carbocycles. The van der Waals surface area contributed by atoms with Crippen molar-refractivity contribution < 1.29 is 9.72 Å². The van der Waals surface area contributed by atoms with Crippen LogP contribution in [0.5, 0.6) is 0 Å². The summed E-state index contributed by atoms with van der Waals surface area (Å²) in [6, 6.07) is 6.58. The van der Waals surface area contributed by atoms with Gasteiger partial charge in [-0.25, -0.2) is 0 Å². The highest BCUT2D eigenvalue weighted by Crippen LogP contribution is 2.39. The lowest BCUT2D eigenvalue weighted by atomic mass is 9.67. The molecule has 1 saturated carbocycles. The predicted molar refractivity (Wildman–Crippen MR) is 82.1 cm³/mol. The standard InChI is InChI=1S/C17H23NO3/c1-17(2,3)14-6-9-16(19)13(11-14)10-12-4-7-15(8-5-12)18(20)21/h4-5,7-8,13-14H,6,9-11H2,1-3H3. The molecule has 0 heterocycles. The monoisotopic (exact) mass is 289 g/mol. The average molecular weight is 289 g/mol. The molecule has 1 aliphatic rings. The van der Waals surface area contributed by atoms with E-state index in [1.54, 1.807) is 12.1 Å². The number of carbonyl (C=O) groups is 1. The molecule has 0 aliphatic heterocycles. The maximum absolute atomic E-state index is 12.1. The topological polar surface area (TPSA) is 60.2 Å². The summed E-state index contributed by atoms with van der Waals surface area (Å²) in [5.74, 6) is 0.969. The van der Waals surface area contributed by atoms with Crippen molar-refractivity contribution in [1.82, 2.24) is 0 Å². The number of hydrogen-bond donors (Lipinski definition) is 0. The zero-order valence-corrected chi connectivity index (χ0v) is 13.0. The van der Waals surface area contributed by atoms with E-state index in [1.165, 1.54) is 12.1 Å². The molecule has 1 aromatic rings. The van der Waals surface area contributed by atoms with Crippen LogP contribution in [0.4, 0.5) is 5.69 Å². The lowest BCUT2D eigenvalue weighted by Crippen LogP contribution is -2.33. The van der Waals surface area contributed by atoms with Crippen molar-refractivity contribution in [2.75, 3.05) is 0 Å². The molecule has 0 spiro atoms. The van der Waals surface area contributed by atoms with E-state index < -0.39 is 4.92 Å². The van der Waals surface area contributed by atoms with Crippen molar-refractivity contribution in [2.24, 2.45) is 17.3 Å². The van der Waals surface area contributed by atoms with Gasteiger partial charge >= 0.3 is 0 Å². The lowest BCUT2D eigenvalue weighted by molar-refractivity contribution is -0.384. The third-order valence-electron chi connectivity index (χ3n) is 4.62. The van der Waals surface area contributed by atoms with E-state index in [-0.39, 0.29) is 17.0 Å². The molecule has 2 unspecified atom stereocenters. The second kappa shape index (κ2) is 5.96. The third-order valence-corrected chi connectivity index (χ3v) is 4.62. The molecule has 0 radical (unpaired) electrons. The Hall–Kier alpha value is -1.71. The fraction of sp³-hybridized carbons (Fsp3) is 0.588. The highest BCUT2D eigenvalue weighted by atomic mass is 16.6. The first-order valence-corrected chi connectivity index (χ1v) is 7.53. The molecule has 1 fully saturated rings. The molecule has 2 atom stereocenters. The lowest BCUT2D eigenvalue weighted by Gasteiger charge is -2.37. The van der Waals surface area contributed by atoms with Crippen LogP contribution in [0.1, 0.15) is 45.6 Å². The minimum Gasteiger partial charge on any atom is -0.299 e. The van der Waals surface area contributed by atoms with Gasteiger partial charge in [-0.05, 0) is 36.2 Å².